The first-order chi connectivity index (χ1) is 8.16. The average molecular weight is 316 g/mol. The lowest BCUT2D eigenvalue weighted by molar-refractivity contribution is 0.613. The van der Waals surface area contributed by atoms with Crippen molar-refractivity contribution >= 4 is 33.2 Å². The lowest BCUT2D eigenvalue weighted by Crippen LogP contribution is -2.02. The van der Waals surface area contributed by atoms with Crippen molar-refractivity contribution in [1.82, 2.24) is 4.98 Å². The largest absolute Gasteiger partial charge is 0.380 e. The van der Waals surface area contributed by atoms with E-state index in [-0.39, 0.29) is 5.82 Å². The van der Waals surface area contributed by atoms with Crippen LogP contribution in [0, 0.1) is 5.82 Å². The average Bonchev–Trinajstić information content (AvgIpc) is 2.32. The molecule has 0 fully saturated rings. The summed E-state index contributed by atoms with van der Waals surface area (Å²) in [7, 11) is 0. The number of hydrogen-bond acceptors (Lipinski definition) is 2. The van der Waals surface area contributed by atoms with E-state index < -0.39 is 0 Å². The van der Waals surface area contributed by atoms with Crippen molar-refractivity contribution in [3.05, 3.63) is 57.5 Å². The highest BCUT2D eigenvalue weighted by molar-refractivity contribution is 9.10. The molecule has 0 atom stereocenters. The van der Waals surface area contributed by atoms with E-state index in [4.69, 9.17) is 11.6 Å². The van der Waals surface area contributed by atoms with E-state index in [9.17, 15) is 4.39 Å². The fourth-order valence-electron chi connectivity index (χ4n) is 1.36. The molecule has 17 heavy (non-hydrogen) atoms. The number of pyridine rings is 1. The normalized spacial score (nSPS) is 10.3. The number of aromatic nitrogens is 1. The Labute approximate surface area is 112 Å². The van der Waals surface area contributed by atoms with Crippen LogP contribution in [0.1, 0.15) is 5.56 Å². The first kappa shape index (κ1) is 12.3. The number of anilines is 1. The van der Waals surface area contributed by atoms with Gasteiger partial charge in [-0.25, -0.2) is 9.37 Å². The van der Waals surface area contributed by atoms with Gasteiger partial charge < -0.3 is 5.32 Å². The number of rotatable bonds is 3. The first-order valence-corrected chi connectivity index (χ1v) is 6.12. The second-order valence-electron chi connectivity index (χ2n) is 3.44. The molecule has 5 heteroatoms. The zero-order valence-corrected chi connectivity index (χ0v) is 11.1. The van der Waals surface area contributed by atoms with Crippen molar-refractivity contribution in [3.8, 4) is 0 Å². The smallest absolute Gasteiger partial charge is 0.143 e. The molecule has 0 aliphatic rings. The number of nitrogens with zero attached hydrogens (tertiary/aromatic N) is 1. The summed E-state index contributed by atoms with van der Waals surface area (Å²) in [5, 5.41) is 3.48. The van der Waals surface area contributed by atoms with Gasteiger partial charge in [-0.15, -0.1) is 0 Å². The highest BCUT2D eigenvalue weighted by Crippen LogP contribution is 2.23. The topological polar surface area (TPSA) is 24.9 Å². The van der Waals surface area contributed by atoms with Crippen molar-refractivity contribution < 1.29 is 4.39 Å². The summed E-state index contributed by atoms with van der Waals surface area (Å²) >= 11 is 9.06. The Bertz CT molecular complexity index is 534. The highest BCUT2D eigenvalue weighted by Gasteiger charge is 2.02. The Morgan fingerprint density at radius 2 is 2.12 bits per heavy atom. The summed E-state index contributed by atoms with van der Waals surface area (Å²) in [6, 6.07) is 8.44. The molecular weight excluding hydrogens is 307 g/mol. The van der Waals surface area contributed by atoms with Gasteiger partial charge in [0.2, 0.25) is 0 Å². The Kier molecular flexibility index (Phi) is 3.97. The number of nitrogens with one attached hydrogen (secondary N) is 1. The number of halogens is 3. The van der Waals surface area contributed by atoms with E-state index in [1.807, 2.05) is 0 Å². The molecule has 0 spiro atoms. The summed E-state index contributed by atoms with van der Waals surface area (Å²) in [6.45, 7) is 0.405. The van der Waals surface area contributed by atoms with Crippen molar-refractivity contribution in [2.45, 2.75) is 6.54 Å². The molecule has 0 unspecified atom stereocenters. The van der Waals surface area contributed by atoms with E-state index in [0.29, 0.717) is 21.7 Å². The van der Waals surface area contributed by atoms with E-state index in [1.54, 1.807) is 30.5 Å². The molecule has 1 aromatic carbocycles. The second kappa shape index (κ2) is 5.47. The van der Waals surface area contributed by atoms with E-state index >= 15 is 0 Å². The van der Waals surface area contributed by atoms with Crippen LogP contribution in [0.2, 0.25) is 5.15 Å². The third-order valence-electron chi connectivity index (χ3n) is 2.24. The molecule has 1 aromatic heterocycles. The molecule has 88 valence electrons. The molecule has 1 N–H and O–H groups in total. The first-order valence-electron chi connectivity index (χ1n) is 4.95. The van der Waals surface area contributed by atoms with Crippen LogP contribution in [0.15, 0.2) is 41.0 Å². The third kappa shape index (κ3) is 3.17. The van der Waals surface area contributed by atoms with Crippen LogP contribution in [-0.2, 0) is 6.54 Å². The minimum Gasteiger partial charge on any atom is -0.380 e. The van der Waals surface area contributed by atoms with Gasteiger partial charge in [-0.2, -0.15) is 0 Å². The van der Waals surface area contributed by atoms with Crippen LogP contribution >= 0.6 is 27.5 Å². The molecule has 0 amide bonds. The van der Waals surface area contributed by atoms with Gasteiger partial charge in [0.25, 0.3) is 0 Å². The van der Waals surface area contributed by atoms with Crippen LogP contribution in [0.3, 0.4) is 0 Å². The fourth-order valence-corrected chi connectivity index (χ4v) is 1.81. The van der Waals surface area contributed by atoms with Gasteiger partial charge in [-0.1, -0.05) is 29.8 Å². The summed E-state index contributed by atoms with van der Waals surface area (Å²) in [5.41, 5.74) is 1.39. The van der Waals surface area contributed by atoms with Crippen LogP contribution in [0.5, 0.6) is 0 Å². The Morgan fingerprint density at radius 3 is 2.82 bits per heavy atom. The van der Waals surface area contributed by atoms with Gasteiger partial charge in [0.15, 0.2) is 0 Å². The van der Waals surface area contributed by atoms with Crippen LogP contribution in [-0.4, -0.2) is 4.98 Å². The summed E-state index contributed by atoms with van der Waals surface area (Å²) in [5.74, 6) is -0.221. The Hall–Kier alpha value is -1.13. The lowest BCUT2D eigenvalue weighted by Gasteiger charge is -2.07. The molecule has 0 aliphatic carbocycles. The van der Waals surface area contributed by atoms with Crippen LogP contribution < -0.4 is 5.32 Å². The van der Waals surface area contributed by atoms with Gasteiger partial charge in [-0.3, -0.25) is 0 Å². The Balaban J connectivity index is 2.08. The molecular formula is C12H9BrClFN2. The summed E-state index contributed by atoms with van der Waals surface area (Å²) in [4.78, 5) is 3.98. The van der Waals surface area contributed by atoms with Gasteiger partial charge in [0, 0.05) is 12.1 Å². The minimum atomic E-state index is -0.221. The molecule has 0 radical (unpaired) electrons. The fraction of sp³-hybridized carbons (Fsp3) is 0.0833. The monoisotopic (exact) mass is 314 g/mol. The molecule has 2 rings (SSSR count). The van der Waals surface area contributed by atoms with Crippen molar-refractivity contribution in [2.75, 3.05) is 5.32 Å². The Morgan fingerprint density at radius 1 is 1.35 bits per heavy atom. The third-order valence-corrected chi connectivity index (χ3v) is 3.37. The van der Waals surface area contributed by atoms with Crippen LogP contribution in [0.25, 0.3) is 0 Å². The molecule has 0 saturated heterocycles. The van der Waals surface area contributed by atoms with Gasteiger partial charge >= 0.3 is 0 Å². The number of benzene rings is 1. The van der Waals surface area contributed by atoms with Crippen molar-refractivity contribution in [2.24, 2.45) is 0 Å². The molecule has 0 aliphatic heterocycles. The summed E-state index contributed by atoms with van der Waals surface area (Å²) < 4.78 is 14.1. The predicted octanol–water partition coefficient (Wildman–Crippen LogP) is 4.25. The minimum absolute atomic E-state index is 0.221. The predicted molar refractivity (Wildman–Crippen MR) is 70.7 cm³/mol. The van der Waals surface area contributed by atoms with E-state index in [0.717, 1.165) is 5.69 Å². The molecule has 1 heterocycles. The maximum atomic E-state index is 13.3. The van der Waals surface area contributed by atoms with Gasteiger partial charge in [0.05, 0.1) is 16.4 Å². The molecule has 0 saturated carbocycles. The zero-order chi connectivity index (χ0) is 12.3. The van der Waals surface area contributed by atoms with Gasteiger partial charge in [0.1, 0.15) is 11.0 Å². The number of hydrogen-bond donors (Lipinski definition) is 1. The van der Waals surface area contributed by atoms with Crippen LogP contribution in [0.4, 0.5) is 10.1 Å². The zero-order valence-electron chi connectivity index (χ0n) is 8.75. The van der Waals surface area contributed by atoms with E-state index in [2.05, 4.69) is 26.2 Å². The maximum absolute atomic E-state index is 13.3. The van der Waals surface area contributed by atoms with Crippen molar-refractivity contribution in [3.63, 3.8) is 0 Å². The lowest BCUT2D eigenvalue weighted by atomic mass is 10.2. The maximum Gasteiger partial charge on any atom is 0.143 e. The molecule has 2 aromatic rings. The standard InChI is InChI=1S/C12H9BrClFN2/c13-10-5-9(7-17-12(10)14)16-6-8-3-1-2-4-11(8)15/h1-5,7,16H,6H2. The van der Waals surface area contributed by atoms with Gasteiger partial charge in [-0.05, 0) is 28.1 Å². The van der Waals surface area contributed by atoms with Crippen molar-refractivity contribution in [1.29, 1.82) is 0 Å². The second-order valence-corrected chi connectivity index (χ2v) is 4.65. The summed E-state index contributed by atoms with van der Waals surface area (Å²) in [6.07, 6.45) is 1.61. The SMILES string of the molecule is Fc1ccccc1CNc1cnc(Cl)c(Br)c1. The highest BCUT2D eigenvalue weighted by atomic mass is 79.9. The quantitative estimate of drug-likeness (QED) is 0.857. The molecule has 0 bridgehead atoms. The van der Waals surface area contributed by atoms with E-state index in [1.165, 1.54) is 6.07 Å². The molecule has 2 nitrogen and oxygen atoms in total.